The van der Waals surface area contributed by atoms with Crippen LogP contribution in [0.15, 0.2) is 12.3 Å². The third-order valence-corrected chi connectivity index (χ3v) is 3.01. The summed E-state index contributed by atoms with van der Waals surface area (Å²) in [7, 11) is 1.60. The summed E-state index contributed by atoms with van der Waals surface area (Å²) in [5.41, 5.74) is 0.970. The third kappa shape index (κ3) is 2.04. The van der Waals surface area contributed by atoms with Crippen LogP contribution in [0.2, 0.25) is 0 Å². The molecule has 1 aromatic heterocycles. The van der Waals surface area contributed by atoms with E-state index in [0.29, 0.717) is 11.7 Å². The number of rotatable bonds is 4. The second-order valence-corrected chi connectivity index (χ2v) is 4.03. The molecule has 0 aliphatic heterocycles. The summed E-state index contributed by atoms with van der Waals surface area (Å²) in [6.45, 7) is 0. The van der Waals surface area contributed by atoms with E-state index < -0.39 is 12.0 Å². The molecule has 0 bridgehead atoms. The van der Waals surface area contributed by atoms with Crippen molar-refractivity contribution in [3.63, 3.8) is 0 Å². The number of nitrogens with zero attached hydrogens (tertiary/aromatic N) is 2. The Morgan fingerprint density at radius 2 is 2.38 bits per heavy atom. The first-order valence-electron chi connectivity index (χ1n) is 5.45. The summed E-state index contributed by atoms with van der Waals surface area (Å²) in [4.78, 5) is 19.3. The zero-order chi connectivity index (χ0) is 11.5. The second kappa shape index (κ2) is 4.57. The molecule has 1 aliphatic rings. The quantitative estimate of drug-likeness (QED) is 0.796. The van der Waals surface area contributed by atoms with Gasteiger partial charge < -0.3 is 10.4 Å². The van der Waals surface area contributed by atoms with Crippen LogP contribution in [-0.2, 0) is 4.79 Å². The molecule has 2 rings (SSSR count). The van der Waals surface area contributed by atoms with Crippen LogP contribution in [0.1, 0.15) is 42.7 Å². The summed E-state index contributed by atoms with van der Waals surface area (Å²) in [6.07, 6.45) is 5.17. The minimum atomic E-state index is -0.951. The van der Waals surface area contributed by atoms with Crippen LogP contribution in [0.3, 0.4) is 0 Å². The molecule has 1 fully saturated rings. The molecule has 16 heavy (non-hydrogen) atoms. The van der Waals surface area contributed by atoms with E-state index in [1.807, 2.05) is 6.07 Å². The molecule has 0 spiro atoms. The van der Waals surface area contributed by atoms with Gasteiger partial charge in [0, 0.05) is 17.8 Å². The van der Waals surface area contributed by atoms with Crippen molar-refractivity contribution >= 4 is 5.97 Å². The van der Waals surface area contributed by atoms with Crippen LogP contribution in [-0.4, -0.2) is 28.1 Å². The maximum Gasteiger partial charge on any atom is 0.328 e. The number of likely N-dealkylation sites (N-methyl/N-ethyl adjacent to an activating group) is 1. The van der Waals surface area contributed by atoms with Gasteiger partial charge in [0.15, 0.2) is 11.9 Å². The minimum Gasteiger partial charge on any atom is -0.480 e. The molecule has 5 heteroatoms. The van der Waals surface area contributed by atoms with E-state index in [1.54, 1.807) is 13.2 Å². The van der Waals surface area contributed by atoms with Crippen LogP contribution in [0.5, 0.6) is 0 Å². The number of carboxylic acid groups (broad SMARTS) is 1. The molecule has 0 saturated heterocycles. The average Bonchev–Trinajstić information content (AvgIpc) is 2.16. The maximum atomic E-state index is 11.0. The molecule has 1 saturated carbocycles. The summed E-state index contributed by atoms with van der Waals surface area (Å²) in [5, 5.41) is 11.7. The fourth-order valence-corrected chi connectivity index (χ4v) is 1.82. The van der Waals surface area contributed by atoms with Crippen molar-refractivity contribution in [2.24, 2.45) is 0 Å². The second-order valence-electron chi connectivity index (χ2n) is 4.03. The Morgan fingerprint density at radius 3 is 2.88 bits per heavy atom. The van der Waals surface area contributed by atoms with Gasteiger partial charge in [-0.2, -0.15) is 0 Å². The molecule has 5 nitrogen and oxygen atoms in total. The van der Waals surface area contributed by atoms with Crippen LogP contribution in [0, 0.1) is 0 Å². The lowest BCUT2D eigenvalue weighted by Crippen LogP contribution is -2.27. The van der Waals surface area contributed by atoms with Crippen molar-refractivity contribution in [3.05, 3.63) is 23.8 Å². The van der Waals surface area contributed by atoms with Crippen molar-refractivity contribution in [1.29, 1.82) is 0 Å². The van der Waals surface area contributed by atoms with Gasteiger partial charge in [0.1, 0.15) is 0 Å². The standard InChI is InChI=1S/C11H15N3O2/c1-12-9(11(15)16)10-13-6-5-8(14-10)7-3-2-4-7/h5-7,9,12H,2-4H2,1H3,(H,15,16). The van der Waals surface area contributed by atoms with Crippen LogP contribution in [0.25, 0.3) is 0 Å². The van der Waals surface area contributed by atoms with Crippen molar-refractivity contribution in [2.45, 2.75) is 31.2 Å². The van der Waals surface area contributed by atoms with Gasteiger partial charge >= 0.3 is 5.97 Å². The fourth-order valence-electron chi connectivity index (χ4n) is 1.82. The Kier molecular flexibility index (Phi) is 3.14. The Morgan fingerprint density at radius 1 is 1.62 bits per heavy atom. The van der Waals surface area contributed by atoms with E-state index in [2.05, 4.69) is 15.3 Å². The van der Waals surface area contributed by atoms with Crippen molar-refractivity contribution in [2.75, 3.05) is 7.05 Å². The van der Waals surface area contributed by atoms with Crippen LogP contribution >= 0.6 is 0 Å². The summed E-state index contributed by atoms with van der Waals surface area (Å²) >= 11 is 0. The highest BCUT2D eigenvalue weighted by atomic mass is 16.4. The predicted octanol–water partition coefficient (Wildman–Crippen LogP) is 1.09. The zero-order valence-electron chi connectivity index (χ0n) is 9.18. The number of aliphatic carboxylic acids is 1. The normalized spacial score (nSPS) is 17.8. The molecule has 0 aromatic carbocycles. The first kappa shape index (κ1) is 11.0. The van der Waals surface area contributed by atoms with Crippen LogP contribution in [0.4, 0.5) is 0 Å². The number of nitrogens with one attached hydrogen (secondary N) is 1. The Bertz CT molecular complexity index is 391. The van der Waals surface area contributed by atoms with E-state index in [9.17, 15) is 4.79 Å². The Balaban J connectivity index is 2.23. The van der Waals surface area contributed by atoms with E-state index in [-0.39, 0.29) is 0 Å². The summed E-state index contributed by atoms with van der Waals surface area (Å²) in [5.74, 6) is -0.110. The van der Waals surface area contributed by atoms with Crippen molar-refractivity contribution in [1.82, 2.24) is 15.3 Å². The molecular formula is C11H15N3O2. The minimum absolute atomic E-state index is 0.347. The van der Waals surface area contributed by atoms with Gasteiger partial charge in [0.2, 0.25) is 0 Å². The molecule has 1 unspecified atom stereocenters. The van der Waals surface area contributed by atoms with Crippen molar-refractivity contribution in [3.8, 4) is 0 Å². The third-order valence-electron chi connectivity index (χ3n) is 3.01. The van der Waals surface area contributed by atoms with Crippen molar-refractivity contribution < 1.29 is 9.90 Å². The highest BCUT2D eigenvalue weighted by Gasteiger charge is 2.24. The van der Waals surface area contributed by atoms with Gasteiger partial charge in [0.05, 0.1) is 0 Å². The molecule has 86 valence electrons. The first-order valence-corrected chi connectivity index (χ1v) is 5.45. The van der Waals surface area contributed by atoms with Gasteiger partial charge in [-0.1, -0.05) is 6.42 Å². The lowest BCUT2D eigenvalue weighted by Gasteiger charge is -2.25. The zero-order valence-corrected chi connectivity index (χ0v) is 9.18. The molecule has 1 atom stereocenters. The van der Waals surface area contributed by atoms with E-state index in [4.69, 9.17) is 5.11 Å². The largest absolute Gasteiger partial charge is 0.480 e. The Labute approximate surface area is 93.9 Å². The highest BCUT2D eigenvalue weighted by molar-refractivity contribution is 5.74. The van der Waals surface area contributed by atoms with Gasteiger partial charge in [-0.3, -0.25) is 4.79 Å². The molecule has 1 heterocycles. The lowest BCUT2D eigenvalue weighted by atomic mass is 9.83. The first-order chi connectivity index (χ1) is 7.72. The number of hydrogen-bond donors (Lipinski definition) is 2. The summed E-state index contributed by atoms with van der Waals surface area (Å²) < 4.78 is 0. The van der Waals surface area contributed by atoms with E-state index in [0.717, 1.165) is 18.5 Å². The molecular weight excluding hydrogens is 206 g/mol. The lowest BCUT2D eigenvalue weighted by molar-refractivity contribution is -0.139. The SMILES string of the molecule is CNC(C(=O)O)c1nccc(C2CCC2)n1. The number of carboxylic acids is 1. The van der Waals surface area contributed by atoms with Gasteiger partial charge in [0.25, 0.3) is 0 Å². The average molecular weight is 221 g/mol. The number of aromatic nitrogens is 2. The molecule has 0 radical (unpaired) electrons. The number of carbonyl (C=O) groups is 1. The fraction of sp³-hybridized carbons (Fsp3) is 0.545. The van der Waals surface area contributed by atoms with Gasteiger partial charge in [-0.05, 0) is 26.0 Å². The summed E-state index contributed by atoms with van der Waals surface area (Å²) in [6, 6.07) is 1.06. The van der Waals surface area contributed by atoms with E-state index in [1.165, 1.54) is 6.42 Å². The molecule has 1 aromatic rings. The molecule has 0 amide bonds. The predicted molar refractivity (Wildman–Crippen MR) is 58.1 cm³/mol. The van der Waals surface area contributed by atoms with E-state index >= 15 is 0 Å². The number of hydrogen-bond acceptors (Lipinski definition) is 4. The highest BCUT2D eigenvalue weighted by Crippen LogP contribution is 2.35. The van der Waals surface area contributed by atoms with Gasteiger partial charge in [-0.15, -0.1) is 0 Å². The van der Waals surface area contributed by atoms with Gasteiger partial charge in [-0.25, -0.2) is 9.97 Å². The molecule has 1 aliphatic carbocycles. The Hall–Kier alpha value is -1.49. The van der Waals surface area contributed by atoms with Crippen LogP contribution < -0.4 is 5.32 Å². The smallest absolute Gasteiger partial charge is 0.328 e. The maximum absolute atomic E-state index is 11.0. The topological polar surface area (TPSA) is 75.1 Å². The molecule has 2 N–H and O–H groups in total. The monoisotopic (exact) mass is 221 g/mol.